The quantitative estimate of drug-likeness (QED) is 0.769. The lowest BCUT2D eigenvalue weighted by Crippen LogP contribution is -2.35. The van der Waals surface area contributed by atoms with Crippen LogP contribution in [0.3, 0.4) is 0 Å². The zero-order valence-electron chi connectivity index (χ0n) is 13.5. The predicted octanol–water partition coefficient (Wildman–Crippen LogP) is 3.53. The van der Waals surface area contributed by atoms with E-state index >= 15 is 0 Å². The first-order chi connectivity index (χ1) is 11.8. The van der Waals surface area contributed by atoms with Crippen LogP contribution >= 0.6 is 0 Å². The minimum atomic E-state index is -0.149. The van der Waals surface area contributed by atoms with Gasteiger partial charge in [0.05, 0.1) is 11.5 Å². The van der Waals surface area contributed by atoms with Crippen LogP contribution in [-0.2, 0) is 6.54 Å². The SMILES string of the molecule is OC1CCN(Cc2cccc3c(Nc4ccccc4)noc23)CC1. The van der Waals surface area contributed by atoms with Crippen molar-refractivity contribution in [3.63, 3.8) is 0 Å². The van der Waals surface area contributed by atoms with Gasteiger partial charge in [0.25, 0.3) is 0 Å². The van der Waals surface area contributed by atoms with Gasteiger partial charge in [-0.15, -0.1) is 0 Å². The fraction of sp³-hybridized carbons (Fsp3) is 0.316. The van der Waals surface area contributed by atoms with Crippen LogP contribution in [0.2, 0.25) is 0 Å². The Labute approximate surface area is 140 Å². The Morgan fingerprint density at radius 3 is 2.67 bits per heavy atom. The molecule has 1 saturated heterocycles. The molecule has 124 valence electrons. The van der Waals surface area contributed by atoms with Gasteiger partial charge in [-0.3, -0.25) is 4.90 Å². The molecule has 0 radical (unpaired) electrons. The molecule has 0 unspecified atom stereocenters. The van der Waals surface area contributed by atoms with Crippen molar-refractivity contribution in [2.75, 3.05) is 18.4 Å². The van der Waals surface area contributed by atoms with E-state index in [0.29, 0.717) is 0 Å². The highest BCUT2D eigenvalue weighted by atomic mass is 16.5. The molecule has 4 rings (SSSR count). The number of aromatic nitrogens is 1. The average Bonchev–Trinajstić information content (AvgIpc) is 3.02. The molecule has 24 heavy (non-hydrogen) atoms. The van der Waals surface area contributed by atoms with Gasteiger partial charge in [-0.25, -0.2) is 0 Å². The zero-order chi connectivity index (χ0) is 16.4. The first kappa shape index (κ1) is 15.2. The Morgan fingerprint density at radius 2 is 1.88 bits per heavy atom. The van der Waals surface area contributed by atoms with E-state index in [1.165, 1.54) is 0 Å². The van der Waals surface area contributed by atoms with E-state index in [9.17, 15) is 5.11 Å². The van der Waals surface area contributed by atoms with Gasteiger partial charge >= 0.3 is 0 Å². The minimum Gasteiger partial charge on any atom is -0.393 e. The molecule has 5 heteroatoms. The molecule has 5 nitrogen and oxygen atoms in total. The van der Waals surface area contributed by atoms with Crippen LogP contribution in [0.15, 0.2) is 53.1 Å². The summed E-state index contributed by atoms with van der Waals surface area (Å²) in [7, 11) is 0. The van der Waals surface area contributed by atoms with E-state index in [1.807, 2.05) is 42.5 Å². The second-order valence-electron chi connectivity index (χ2n) is 6.32. The Morgan fingerprint density at radius 1 is 1.08 bits per heavy atom. The monoisotopic (exact) mass is 323 g/mol. The number of anilines is 2. The van der Waals surface area contributed by atoms with Crippen molar-refractivity contribution in [3.8, 4) is 0 Å². The third-order valence-electron chi connectivity index (χ3n) is 4.57. The van der Waals surface area contributed by atoms with Crippen molar-refractivity contribution in [1.29, 1.82) is 0 Å². The second kappa shape index (κ2) is 6.63. The van der Waals surface area contributed by atoms with Crippen molar-refractivity contribution in [1.82, 2.24) is 10.1 Å². The number of hydrogen-bond acceptors (Lipinski definition) is 5. The lowest BCUT2D eigenvalue weighted by Gasteiger charge is -2.29. The van der Waals surface area contributed by atoms with Crippen LogP contribution in [0, 0.1) is 0 Å². The summed E-state index contributed by atoms with van der Waals surface area (Å²) in [6, 6.07) is 16.1. The van der Waals surface area contributed by atoms with Gasteiger partial charge in [0.15, 0.2) is 11.4 Å². The maximum absolute atomic E-state index is 9.64. The van der Waals surface area contributed by atoms with E-state index in [4.69, 9.17) is 4.52 Å². The van der Waals surface area contributed by atoms with Crippen molar-refractivity contribution < 1.29 is 9.63 Å². The zero-order valence-corrected chi connectivity index (χ0v) is 13.5. The number of nitrogens with zero attached hydrogens (tertiary/aromatic N) is 2. The summed E-state index contributed by atoms with van der Waals surface area (Å²) in [5, 5.41) is 18.2. The number of piperidine rings is 1. The molecule has 1 aliphatic heterocycles. The summed E-state index contributed by atoms with van der Waals surface area (Å²) in [5.41, 5.74) is 2.96. The molecule has 3 aromatic rings. The molecule has 0 atom stereocenters. The van der Waals surface area contributed by atoms with E-state index < -0.39 is 0 Å². The third kappa shape index (κ3) is 3.13. The largest absolute Gasteiger partial charge is 0.393 e. The van der Waals surface area contributed by atoms with Gasteiger partial charge in [0, 0.05) is 30.9 Å². The van der Waals surface area contributed by atoms with E-state index in [0.717, 1.165) is 60.5 Å². The lowest BCUT2D eigenvalue weighted by molar-refractivity contribution is 0.0793. The number of likely N-dealkylation sites (tertiary alicyclic amines) is 1. The molecular weight excluding hydrogens is 302 g/mol. The van der Waals surface area contributed by atoms with E-state index in [-0.39, 0.29) is 6.10 Å². The van der Waals surface area contributed by atoms with Gasteiger partial charge < -0.3 is 14.9 Å². The molecule has 1 aromatic heterocycles. The van der Waals surface area contributed by atoms with Gasteiger partial charge in [-0.1, -0.05) is 35.5 Å². The number of aliphatic hydroxyl groups excluding tert-OH is 1. The Balaban J connectivity index is 1.57. The van der Waals surface area contributed by atoms with E-state index in [2.05, 4.69) is 21.4 Å². The number of benzene rings is 2. The summed E-state index contributed by atoms with van der Waals surface area (Å²) >= 11 is 0. The highest BCUT2D eigenvalue weighted by molar-refractivity contribution is 5.91. The first-order valence-electron chi connectivity index (χ1n) is 8.39. The number of rotatable bonds is 4. The Kier molecular flexibility index (Phi) is 4.19. The fourth-order valence-corrected chi connectivity index (χ4v) is 3.21. The fourth-order valence-electron chi connectivity index (χ4n) is 3.21. The van der Waals surface area contributed by atoms with Crippen LogP contribution in [0.5, 0.6) is 0 Å². The molecule has 0 amide bonds. The molecular formula is C19H21N3O2. The molecule has 0 aliphatic carbocycles. The van der Waals surface area contributed by atoms with Crippen LogP contribution in [0.1, 0.15) is 18.4 Å². The molecule has 0 spiro atoms. The van der Waals surface area contributed by atoms with Crippen LogP contribution < -0.4 is 5.32 Å². The van der Waals surface area contributed by atoms with Crippen LogP contribution in [0.25, 0.3) is 11.0 Å². The average molecular weight is 323 g/mol. The standard InChI is InChI=1S/C19H21N3O2/c23-16-9-11-22(12-10-16)13-14-5-4-8-17-18(14)24-21-19(17)20-15-6-2-1-3-7-15/h1-8,16,23H,9-13H2,(H,20,21). The van der Waals surface area contributed by atoms with Crippen molar-refractivity contribution in [2.45, 2.75) is 25.5 Å². The summed E-state index contributed by atoms with van der Waals surface area (Å²) in [5.74, 6) is 0.743. The molecule has 0 saturated carbocycles. The highest BCUT2D eigenvalue weighted by Crippen LogP contribution is 2.29. The topological polar surface area (TPSA) is 61.5 Å². The molecule has 0 bridgehead atoms. The Bertz CT molecular complexity index is 808. The van der Waals surface area contributed by atoms with Crippen molar-refractivity contribution in [3.05, 3.63) is 54.1 Å². The summed E-state index contributed by atoms with van der Waals surface area (Å²) in [6.07, 6.45) is 1.53. The van der Waals surface area contributed by atoms with Gasteiger partial charge in [-0.2, -0.15) is 0 Å². The normalized spacial score (nSPS) is 16.5. The summed E-state index contributed by atoms with van der Waals surface area (Å²) in [4.78, 5) is 2.36. The predicted molar refractivity (Wildman–Crippen MR) is 94.3 cm³/mol. The van der Waals surface area contributed by atoms with Crippen LogP contribution in [-0.4, -0.2) is 34.4 Å². The highest BCUT2D eigenvalue weighted by Gasteiger charge is 2.19. The number of hydrogen-bond donors (Lipinski definition) is 2. The summed E-state index contributed by atoms with van der Waals surface area (Å²) < 4.78 is 5.63. The molecule has 2 N–H and O–H groups in total. The van der Waals surface area contributed by atoms with Crippen molar-refractivity contribution in [2.24, 2.45) is 0 Å². The van der Waals surface area contributed by atoms with Crippen LogP contribution in [0.4, 0.5) is 11.5 Å². The smallest absolute Gasteiger partial charge is 0.181 e. The number of fused-ring (bicyclic) bond motifs is 1. The van der Waals surface area contributed by atoms with Crippen molar-refractivity contribution >= 4 is 22.5 Å². The van der Waals surface area contributed by atoms with Gasteiger partial charge in [0.2, 0.25) is 0 Å². The number of aliphatic hydroxyl groups is 1. The van der Waals surface area contributed by atoms with Gasteiger partial charge in [-0.05, 0) is 31.0 Å². The number of para-hydroxylation sites is 2. The molecule has 2 aromatic carbocycles. The molecule has 1 fully saturated rings. The number of nitrogens with one attached hydrogen (secondary N) is 1. The second-order valence-corrected chi connectivity index (χ2v) is 6.32. The molecule has 1 aliphatic rings. The molecule has 2 heterocycles. The maximum Gasteiger partial charge on any atom is 0.181 e. The van der Waals surface area contributed by atoms with E-state index in [1.54, 1.807) is 0 Å². The summed E-state index contributed by atoms with van der Waals surface area (Å²) in [6.45, 7) is 2.66. The van der Waals surface area contributed by atoms with Gasteiger partial charge in [0.1, 0.15) is 0 Å². The Hall–Kier alpha value is -2.37. The minimum absolute atomic E-state index is 0.149. The lowest BCUT2D eigenvalue weighted by atomic mass is 10.1. The maximum atomic E-state index is 9.64. The first-order valence-corrected chi connectivity index (χ1v) is 8.39. The third-order valence-corrected chi connectivity index (χ3v) is 4.57.